The van der Waals surface area contributed by atoms with E-state index in [1.54, 1.807) is 6.20 Å². The number of hydrogen-bond acceptors (Lipinski definition) is 4. The van der Waals surface area contributed by atoms with Crippen molar-refractivity contribution in [2.75, 3.05) is 13.2 Å². The minimum absolute atomic E-state index is 0.0355. The topological polar surface area (TPSA) is 79.9 Å². The number of carbonyl (C=O) groups is 1. The largest absolute Gasteiger partial charge is 0.494 e. The Morgan fingerprint density at radius 1 is 1.19 bits per heavy atom. The third kappa shape index (κ3) is 3.69. The lowest BCUT2D eigenvalue weighted by Gasteiger charge is -2.10. The van der Waals surface area contributed by atoms with Crippen molar-refractivity contribution < 1.29 is 9.53 Å². The molecule has 2 N–H and O–H groups in total. The van der Waals surface area contributed by atoms with E-state index in [4.69, 9.17) is 4.74 Å². The van der Waals surface area contributed by atoms with Gasteiger partial charge in [0.05, 0.1) is 23.6 Å². The van der Waals surface area contributed by atoms with Gasteiger partial charge in [0.1, 0.15) is 5.75 Å². The summed E-state index contributed by atoms with van der Waals surface area (Å²) in [6.07, 6.45) is 4.70. The number of hydrogen-bond donors (Lipinski definition) is 2. The zero-order valence-electron chi connectivity index (χ0n) is 15.3. The van der Waals surface area contributed by atoms with E-state index in [2.05, 4.69) is 27.2 Å². The Bertz CT molecular complexity index is 947. The molecule has 6 nitrogen and oxygen atoms in total. The van der Waals surface area contributed by atoms with Gasteiger partial charge in [-0.1, -0.05) is 13.3 Å². The van der Waals surface area contributed by atoms with Gasteiger partial charge in [0.15, 0.2) is 5.82 Å². The first-order valence-electron chi connectivity index (χ1n) is 9.31. The molecule has 4 rings (SSSR count). The molecule has 6 heteroatoms. The van der Waals surface area contributed by atoms with E-state index in [1.165, 1.54) is 0 Å². The van der Waals surface area contributed by atoms with Gasteiger partial charge < -0.3 is 15.0 Å². The average Bonchev–Trinajstić information content (AvgIpc) is 3.15. The van der Waals surface area contributed by atoms with Crippen molar-refractivity contribution in [2.24, 2.45) is 0 Å². The van der Waals surface area contributed by atoms with Crippen LogP contribution in [0.5, 0.6) is 5.75 Å². The highest BCUT2D eigenvalue weighted by Gasteiger charge is 2.20. The molecule has 27 heavy (non-hydrogen) atoms. The molecule has 0 aliphatic carbocycles. The monoisotopic (exact) mass is 362 g/mol. The number of rotatable bonds is 6. The van der Waals surface area contributed by atoms with Gasteiger partial charge >= 0.3 is 0 Å². The van der Waals surface area contributed by atoms with E-state index in [-0.39, 0.29) is 5.91 Å². The van der Waals surface area contributed by atoms with Gasteiger partial charge in [-0.05, 0) is 42.8 Å². The van der Waals surface area contributed by atoms with Crippen LogP contribution < -0.4 is 10.1 Å². The molecule has 0 bridgehead atoms. The molecule has 2 aromatic heterocycles. The third-order valence-corrected chi connectivity index (χ3v) is 4.62. The van der Waals surface area contributed by atoms with E-state index in [0.29, 0.717) is 17.9 Å². The standard InChI is InChI=1S/C21H22N4O2/c1-2-3-12-27-15-6-4-14(5-7-15)20-22-10-9-18(25-20)19-13-16-17(24-19)8-11-23-21(16)26/h4-7,9-10,13,24H,2-3,8,11-12H2,1H3,(H,23,26). The van der Waals surface area contributed by atoms with E-state index < -0.39 is 0 Å². The smallest absolute Gasteiger partial charge is 0.253 e. The molecule has 1 amide bonds. The summed E-state index contributed by atoms with van der Waals surface area (Å²) in [7, 11) is 0. The van der Waals surface area contributed by atoms with Crippen LogP contribution in [0.2, 0.25) is 0 Å². The zero-order valence-corrected chi connectivity index (χ0v) is 15.3. The minimum atomic E-state index is -0.0355. The minimum Gasteiger partial charge on any atom is -0.494 e. The van der Waals surface area contributed by atoms with Crippen LogP contribution in [0.25, 0.3) is 22.8 Å². The quantitative estimate of drug-likeness (QED) is 0.657. The second kappa shape index (κ2) is 7.61. The van der Waals surface area contributed by atoms with Crippen LogP contribution in [-0.2, 0) is 6.42 Å². The van der Waals surface area contributed by atoms with Crippen molar-refractivity contribution in [3.8, 4) is 28.5 Å². The summed E-state index contributed by atoms with van der Waals surface area (Å²) in [6.45, 7) is 3.53. The molecule has 0 saturated heterocycles. The maximum absolute atomic E-state index is 12.0. The first-order chi connectivity index (χ1) is 13.2. The molecule has 3 heterocycles. The maximum atomic E-state index is 12.0. The van der Waals surface area contributed by atoms with Crippen molar-refractivity contribution >= 4 is 5.91 Å². The molecule has 138 valence electrons. The number of unbranched alkanes of at least 4 members (excludes halogenated alkanes) is 1. The maximum Gasteiger partial charge on any atom is 0.253 e. The lowest BCUT2D eigenvalue weighted by atomic mass is 10.1. The van der Waals surface area contributed by atoms with Gasteiger partial charge in [0.2, 0.25) is 0 Å². The normalized spacial score (nSPS) is 13.1. The predicted molar refractivity (Wildman–Crippen MR) is 104 cm³/mol. The number of nitrogens with one attached hydrogen (secondary N) is 2. The fourth-order valence-electron chi connectivity index (χ4n) is 3.11. The van der Waals surface area contributed by atoms with Gasteiger partial charge in [0.25, 0.3) is 5.91 Å². The molecule has 0 unspecified atom stereocenters. The van der Waals surface area contributed by atoms with Gasteiger partial charge in [0, 0.05) is 30.4 Å². The Hall–Kier alpha value is -3.15. The van der Waals surface area contributed by atoms with Crippen LogP contribution >= 0.6 is 0 Å². The lowest BCUT2D eigenvalue weighted by Crippen LogP contribution is -2.31. The van der Waals surface area contributed by atoms with Crippen LogP contribution in [-0.4, -0.2) is 34.0 Å². The van der Waals surface area contributed by atoms with Crippen LogP contribution in [0.3, 0.4) is 0 Å². The molecule has 0 saturated carbocycles. The summed E-state index contributed by atoms with van der Waals surface area (Å²) < 4.78 is 5.70. The molecule has 1 aliphatic rings. The van der Waals surface area contributed by atoms with Crippen molar-refractivity contribution in [1.29, 1.82) is 0 Å². The summed E-state index contributed by atoms with van der Waals surface area (Å²) in [5.74, 6) is 1.46. The van der Waals surface area contributed by atoms with E-state index in [9.17, 15) is 4.79 Å². The van der Waals surface area contributed by atoms with E-state index >= 15 is 0 Å². The lowest BCUT2D eigenvalue weighted by molar-refractivity contribution is 0.0946. The molecule has 0 atom stereocenters. The molecular weight excluding hydrogens is 340 g/mol. The Labute approximate surface area is 158 Å². The predicted octanol–water partition coefficient (Wildman–Crippen LogP) is 3.60. The van der Waals surface area contributed by atoms with E-state index in [1.807, 2.05) is 36.4 Å². The summed E-state index contributed by atoms with van der Waals surface area (Å²) in [6, 6.07) is 11.5. The number of amides is 1. The summed E-state index contributed by atoms with van der Waals surface area (Å²) >= 11 is 0. The first kappa shape index (κ1) is 17.3. The van der Waals surface area contributed by atoms with Gasteiger partial charge in [-0.25, -0.2) is 9.97 Å². The van der Waals surface area contributed by atoms with Crippen molar-refractivity contribution in [2.45, 2.75) is 26.2 Å². The molecule has 3 aromatic rings. The van der Waals surface area contributed by atoms with Gasteiger partial charge in [-0.2, -0.15) is 0 Å². The van der Waals surface area contributed by atoms with E-state index in [0.717, 1.165) is 54.3 Å². The molecule has 1 aromatic carbocycles. The average molecular weight is 362 g/mol. The molecule has 1 aliphatic heterocycles. The SMILES string of the molecule is CCCCOc1ccc(-c2nccc(-c3cc4c([nH]3)CCNC4=O)n2)cc1. The number of ether oxygens (including phenoxy) is 1. The second-order valence-electron chi connectivity index (χ2n) is 6.57. The molecule has 0 spiro atoms. The summed E-state index contributed by atoms with van der Waals surface area (Å²) in [5.41, 5.74) is 4.19. The van der Waals surface area contributed by atoms with Crippen molar-refractivity contribution in [3.63, 3.8) is 0 Å². The van der Waals surface area contributed by atoms with Gasteiger partial charge in [-0.15, -0.1) is 0 Å². The number of benzene rings is 1. The number of nitrogens with zero attached hydrogens (tertiary/aromatic N) is 2. The highest BCUT2D eigenvalue weighted by Crippen LogP contribution is 2.25. The van der Waals surface area contributed by atoms with Crippen LogP contribution in [0.15, 0.2) is 42.6 Å². The number of carbonyl (C=O) groups excluding carboxylic acids is 1. The first-order valence-corrected chi connectivity index (χ1v) is 9.31. The second-order valence-corrected chi connectivity index (χ2v) is 6.57. The molecule has 0 fully saturated rings. The Kier molecular flexibility index (Phi) is 4.87. The highest BCUT2D eigenvalue weighted by atomic mass is 16.5. The number of H-pyrrole nitrogens is 1. The fourth-order valence-corrected chi connectivity index (χ4v) is 3.11. The third-order valence-electron chi connectivity index (χ3n) is 4.62. The fraction of sp³-hybridized carbons (Fsp3) is 0.286. The van der Waals surface area contributed by atoms with Gasteiger partial charge in [-0.3, -0.25) is 4.79 Å². The van der Waals surface area contributed by atoms with Crippen molar-refractivity contribution in [3.05, 3.63) is 53.9 Å². The number of aromatic nitrogens is 3. The Morgan fingerprint density at radius 2 is 2.04 bits per heavy atom. The summed E-state index contributed by atoms with van der Waals surface area (Å²) in [4.78, 5) is 24.4. The van der Waals surface area contributed by atoms with Crippen LogP contribution in [0, 0.1) is 0 Å². The molecular formula is C21H22N4O2. The Balaban J connectivity index is 1.57. The van der Waals surface area contributed by atoms with Crippen LogP contribution in [0.1, 0.15) is 35.8 Å². The van der Waals surface area contributed by atoms with Crippen molar-refractivity contribution in [1.82, 2.24) is 20.3 Å². The van der Waals surface area contributed by atoms with Crippen LogP contribution in [0.4, 0.5) is 0 Å². The highest BCUT2D eigenvalue weighted by molar-refractivity contribution is 5.97. The zero-order chi connectivity index (χ0) is 18.6. The molecule has 0 radical (unpaired) electrons. The summed E-state index contributed by atoms with van der Waals surface area (Å²) in [5, 5.41) is 2.86. The Morgan fingerprint density at radius 3 is 2.81 bits per heavy atom. The number of fused-ring (bicyclic) bond motifs is 1. The number of aromatic amines is 1.